The van der Waals surface area contributed by atoms with Gasteiger partial charge in [0.05, 0.1) is 31.4 Å². The molecule has 1 fully saturated rings. The highest BCUT2D eigenvalue weighted by Crippen LogP contribution is 2.36. The van der Waals surface area contributed by atoms with Crippen LogP contribution < -0.4 is 9.47 Å². The second-order valence-corrected chi connectivity index (χ2v) is 8.35. The van der Waals surface area contributed by atoms with Crippen molar-refractivity contribution < 1.29 is 19.1 Å². The molecule has 29 heavy (non-hydrogen) atoms. The summed E-state index contributed by atoms with van der Waals surface area (Å²) in [5, 5.41) is 6.51. The van der Waals surface area contributed by atoms with Crippen LogP contribution in [0.3, 0.4) is 0 Å². The van der Waals surface area contributed by atoms with Crippen LogP contribution in [-0.2, 0) is 9.59 Å². The Balaban J connectivity index is 1.84. The number of methoxy groups -OCH3 is 2. The van der Waals surface area contributed by atoms with Crippen LogP contribution >= 0.6 is 0 Å². The quantitative estimate of drug-likeness (QED) is 0.657. The molecule has 1 saturated heterocycles. The molecular weight excluding hydrogens is 370 g/mol. The van der Waals surface area contributed by atoms with Crippen LogP contribution in [0.25, 0.3) is 0 Å². The molecule has 158 valence electrons. The number of hydrogen-bond donors (Lipinski definition) is 0. The van der Waals surface area contributed by atoms with Crippen LogP contribution in [0.4, 0.5) is 0 Å². The van der Waals surface area contributed by atoms with Gasteiger partial charge in [0.2, 0.25) is 5.91 Å². The van der Waals surface area contributed by atoms with Gasteiger partial charge in [-0.05, 0) is 31.0 Å². The third-order valence-electron chi connectivity index (χ3n) is 5.81. The fraction of sp³-hybridized carbons (Fsp3) is 0.591. The first kappa shape index (κ1) is 21.3. The Labute approximate surface area is 172 Å². The van der Waals surface area contributed by atoms with Gasteiger partial charge in [-0.15, -0.1) is 0 Å². The molecular formula is C22H31N3O4. The molecule has 3 rings (SSSR count). The van der Waals surface area contributed by atoms with Crippen LogP contribution in [0.5, 0.6) is 11.5 Å². The lowest BCUT2D eigenvalue weighted by atomic mass is 9.82. The number of likely N-dealkylation sites (tertiary alicyclic amines) is 1. The Kier molecular flexibility index (Phi) is 6.57. The molecule has 2 aliphatic rings. The van der Waals surface area contributed by atoms with E-state index in [1.54, 1.807) is 19.2 Å². The van der Waals surface area contributed by atoms with E-state index in [9.17, 15) is 9.59 Å². The highest BCUT2D eigenvalue weighted by molar-refractivity contribution is 6.06. The number of hydrogen-bond acceptors (Lipinski definition) is 6. The molecule has 7 heteroatoms. The number of nitrogens with zero attached hydrogens (tertiary/aromatic N) is 3. The number of carbonyl (C=O) groups excluding carboxylic acids is 2. The minimum atomic E-state index is -0.515. The average molecular weight is 402 g/mol. The van der Waals surface area contributed by atoms with Gasteiger partial charge in [0, 0.05) is 38.0 Å². The molecule has 0 N–H and O–H groups in total. The number of hydrazone groups is 1. The molecule has 2 aliphatic heterocycles. The fourth-order valence-electron chi connectivity index (χ4n) is 4.06. The maximum atomic E-state index is 13.1. The number of piperidine rings is 1. The van der Waals surface area contributed by atoms with E-state index >= 15 is 0 Å². The summed E-state index contributed by atoms with van der Waals surface area (Å²) >= 11 is 0. The van der Waals surface area contributed by atoms with Crippen molar-refractivity contribution in [3.05, 3.63) is 23.8 Å². The van der Waals surface area contributed by atoms with E-state index in [1.807, 2.05) is 32.0 Å². The molecule has 0 radical (unpaired) electrons. The topological polar surface area (TPSA) is 71.4 Å². The summed E-state index contributed by atoms with van der Waals surface area (Å²) < 4.78 is 10.8. The third kappa shape index (κ3) is 4.61. The molecule has 0 bridgehead atoms. The lowest BCUT2D eigenvalue weighted by Gasteiger charge is -2.41. The second kappa shape index (κ2) is 8.95. The zero-order valence-corrected chi connectivity index (χ0v) is 17.8. The molecule has 0 unspecified atom stereocenters. The van der Waals surface area contributed by atoms with Crippen molar-refractivity contribution in [2.45, 2.75) is 45.6 Å². The largest absolute Gasteiger partial charge is 0.493 e. The third-order valence-corrected chi connectivity index (χ3v) is 5.81. The first-order chi connectivity index (χ1) is 13.9. The van der Waals surface area contributed by atoms with E-state index in [1.165, 1.54) is 0 Å². The molecule has 0 spiro atoms. The number of benzene rings is 1. The summed E-state index contributed by atoms with van der Waals surface area (Å²) in [5.41, 5.74) is 1.31. The van der Waals surface area contributed by atoms with Crippen molar-refractivity contribution in [1.29, 1.82) is 0 Å². The van der Waals surface area contributed by atoms with E-state index in [0.29, 0.717) is 24.3 Å². The predicted molar refractivity (Wildman–Crippen MR) is 111 cm³/mol. The molecule has 1 aromatic carbocycles. The Bertz CT molecular complexity index is 782. The van der Waals surface area contributed by atoms with Gasteiger partial charge in [-0.1, -0.05) is 13.8 Å². The summed E-state index contributed by atoms with van der Waals surface area (Å²) in [4.78, 5) is 26.0. The number of carbonyl (C=O) groups is 2. The summed E-state index contributed by atoms with van der Waals surface area (Å²) in [6.07, 6.45) is 3.83. The Morgan fingerprint density at radius 3 is 2.48 bits per heavy atom. The SMILES string of the molecule is COc1ccc(C2=NN(C3CCN(CCC=O)CC3)C(=O)C(C)(C)C2)cc1OC. The van der Waals surface area contributed by atoms with E-state index in [4.69, 9.17) is 14.6 Å². The monoisotopic (exact) mass is 401 g/mol. The average Bonchev–Trinajstić information content (AvgIpc) is 2.74. The maximum absolute atomic E-state index is 13.1. The van der Waals surface area contributed by atoms with E-state index < -0.39 is 5.41 Å². The normalized spacial score (nSPS) is 20.3. The Morgan fingerprint density at radius 2 is 1.86 bits per heavy atom. The number of ether oxygens (including phenoxy) is 2. The Hall–Kier alpha value is -2.41. The first-order valence-corrected chi connectivity index (χ1v) is 10.2. The molecule has 0 atom stereocenters. The maximum Gasteiger partial charge on any atom is 0.248 e. The van der Waals surface area contributed by atoms with Crippen molar-refractivity contribution in [1.82, 2.24) is 9.91 Å². The van der Waals surface area contributed by atoms with Gasteiger partial charge >= 0.3 is 0 Å². The highest BCUT2D eigenvalue weighted by Gasteiger charge is 2.41. The van der Waals surface area contributed by atoms with Gasteiger partial charge in [0.25, 0.3) is 0 Å². The zero-order valence-electron chi connectivity index (χ0n) is 17.8. The van der Waals surface area contributed by atoms with Crippen molar-refractivity contribution in [2.75, 3.05) is 33.9 Å². The van der Waals surface area contributed by atoms with Crippen molar-refractivity contribution >= 4 is 17.9 Å². The van der Waals surface area contributed by atoms with Crippen LogP contribution in [0.2, 0.25) is 0 Å². The summed E-state index contributed by atoms with van der Waals surface area (Å²) in [6.45, 7) is 6.51. The van der Waals surface area contributed by atoms with Crippen LogP contribution in [0.1, 0.15) is 45.1 Å². The summed E-state index contributed by atoms with van der Waals surface area (Å²) in [6, 6.07) is 5.84. The summed E-state index contributed by atoms with van der Waals surface area (Å²) in [5.74, 6) is 1.40. The first-order valence-electron chi connectivity index (χ1n) is 10.2. The van der Waals surface area contributed by atoms with Gasteiger partial charge in [-0.2, -0.15) is 5.10 Å². The van der Waals surface area contributed by atoms with E-state index in [2.05, 4.69) is 4.90 Å². The lowest BCUT2D eigenvalue weighted by Crippen LogP contribution is -2.52. The molecule has 0 saturated carbocycles. The van der Waals surface area contributed by atoms with Crippen LogP contribution in [0.15, 0.2) is 23.3 Å². The summed E-state index contributed by atoms with van der Waals surface area (Å²) in [7, 11) is 3.23. The standard InChI is InChI=1S/C22H31N3O4/c1-22(2)15-18(16-6-7-19(28-3)20(14-16)29-4)23-25(21(22)27)17-8-11-24(12-9-17)10-5-13-26/h6-7,13-14,17H,5,8-12,15H2,1-4H3. The second-order valence-electron chi connectivity index (χ2n) is 8.35. The molecule has 0 aromatic heterocycles. The van der Waals surface area contributed by atoms with Crippen LogP contribution in [-0.4, -0.2) is 67.7 Å². The van der Waals surface area contributed by atoms with Crippen molar-refractivity contribution in [3.8, 4) is 11.5 Å². The van der Waals surface area contributed by atoms with Gasteiger partial charge < -0.3 is 19.2 Å². The van der Waals surface area contributed by atoms with Gasteiger partial charge in [-0.3, -0.25) is 4.79 Å². The molecule has 1 amide bonds. The van der Waals surface area contributed by atoms with Crippen molar-refractivity contribution in [3.63, 3.8) is 0 Å². The van der Waals surface area contributed by atoms with E-state index in [-0.39, 0.29) is 11.9 Å². The Morgan fingerprint density at radius 1 is 1.17 bits per heavy atom. The molecule has 7 nitrogen and oxygen atoms in total. The minimum absolute atomic E-state index is 0.0769. The predicted octanol–water partition coefficient (Wildman–Crippen LogP) is 2.72. The lowest BCUT2D eigenvalue weighted by molar-refractivity contribution is -0.144. The van der Waals surface area contributed by atoms with Crippen LogP contribution in [0, 0.1) is 5.41 Å². The van der Waals surface area contributed by atoms with Gasteiger partial charge in [0.1, 0.15) is 6.29 Å². The molecule has 0 aliphatic carbocycles. The number of aldehydes is 1. The van der Waals surface area contributed by atoms with Crippen molar-refractivity contribution in [2.24, 2.45) is 10.5 Å². The molecule has 1 aromatic rings. The van der Waals surface area contributed by atoms with Gasteiger partial charge in [-0.25, -0.2) is 5.01 Å². The molecule has 2 heterocycles. The number of rotatable bonds is 7. The van der Waals surface area contributed by atoms with E-state index in [0.717, 1.165) is 50.0 Å². The number of amides is 1. The smallest absolute Gasteiger partial charge is 0.248 e. The highest BCUT2D eigenvalue weighted by atomic mass is 16.5. The minimum Gasteiger partial charge on any atom is -0.493 e. The van der Waals surface area contributed by atoms with Gasteiger partial charge in [0.15, 0.2) is 11.5 Å². The fourth-order valence-corrected chi connectivity index (χ4v) is 4.06. The zero-order chi connectivity index (χ0) is 21.0.